The van der Waals surface area contributed by atoms with Gasteiger partial charge in [0.05, 0.1) is 4.47 Å². The Hall–Kier alpha value is -2.86. The van der Waals surface area contributed by atoms with Gasteiger partial charge in [-0.1, -0.05) is 37.3 Å². The summed E-state index contributed by atoms with van der Waals surface area (Å²) in [5.41, 5.74) is 1.28. The molecule has 31 heavy (non-hydrogen) atoms. The van der Waals surface area contributed by atoms with Gasteiger partial charge in [0.25, 0.3) is 11.8 Å². The Morgan fingerprint density at radius 1 is 1.03 bits per heavy atom. The standard InChI is InChI=1S/C25H25BrN2O3/c1-17-12-14-28(15-13-17)25(30)19-6-9-20(10-7-19)27-23(29)16-31-22-11-8-18-4-2-3-5-21(18)24(22)26/h2-11,17H,12-16H2,1H3,(H,27,29). The first kappa shape index (κ1) is 21.4. The number of nitrogens with zero attached hydrogens (tertiary/aromatic N) is 1. The van der Waals surface area contributed by atoms with Crippen LogP contribution in [-0.4, -0.2) is 36.4 Å². The van der Waals surface area contributed by atoms with E-state index in [-0.39, 0.29) is 18.4 Å². The summed E-state index contributed by atoms with van der Waals surface area (Å²) < 4.78 is 6.54. The molecule has 0 aliphatic carbocycles. The highest BCUT2D eigenvalue weighted by Gasteiger charge is 2.21. The average Bonchev–Trinajstić information content (AvgIpc) is 2.79. The first-order valence-electron chi connectivity index (χ1n) is 10.5. The lowest BCUT2D eigenvalue weighted by Crippen LogP contribution is -2.37. The Balaban J connectivity index is 1.33. The summed E-state index contributed by atoms with van der Waals surface area (Å²) in [6, 6.07) is 18.8. The van der Waals surface area contributed by atoms with E-state index in [1.807, 2.05) is 41.3 Å². The van der Waals surface area contributed by atoms with Gasteiger partial charge >= 0.3 is 0 Å². The van der Waals surface area contributed by atoms with E-state index in [1.54, 1.807) is 24.3 Å². The molecule has 1 heterocycles. The molecule has 0 saturated carbocycles. The second kappa shape index (κ2) is 9.52. The number of likely N-dealkylation sites (tertiary alicyclic amines) is 1. The summed E-state index contributed by atoms with van der Waals surface area (Å²) in [5, 5.41) is 4.94. The number of piperidine rings is 1. The summed E-state index contributed by atoms with van der Waals surface area (Å²) in [6.45, 7) is 3.73. The van der Waals surface area contributed by atoms with Crippen LogP contribution in [0.2, 0.25) is 0 Å². The topological polar surface area (TPSA) is 58.6 Å². The van der Waals surface area contributed by atoms with Crippen LogP contribution in [-0.2, 0) is 4.79 Å². The minimum absolute atomic E-state index is 0.0502. The van der Waals surface area contributed by atoms with Crippen LogP contribution in [0.1, 0.15) is 30.1 Å². The van der Waals surface area contributed by atoms with Gasteiger partial charge in [0.15, 0.2) is 6.61 Å². The Morgan fingerprint density at radius 3 is 2.48 bits per heavy atom. The highest BCUT2D eigenvalue weighted by atomic mass is 79.9. The van der Waals surface area contributed by atoms with Gasteiger partial charge in [-0.05, 0) is 75.8 Å². The number of ether oxygens (including phenoxy) is 1. The quantitative estimate of drug-likeness (QED) is 0.524. The lowest BCUT2D eigenvalue weighted by Gasteiger charge is -2.30. The van der Waals surface area contributed by atoms with Crippen LogP contribution in [0.25, 0.3) is 10.8 Å². The maximum atomic E-state index is 12.6. The molecule has 3 aromatic carbocycles. The van der Waals surface area contributed by atoms with Crippen molar-refractivity contribution in [3.05, 3.63) is 70.7 Å². The fraction of sp³-hybridized carbons (Fsp3) is 0.280. The van der Waals surface area contributed by atoms with Crippen LogP contribution in [0, 0.1) is 5.92 Å². The summed E-state index contributed by atoms with van der Waals surface area (Å²) in [6.07, 6.45) is 2.10. The summed E-state index contributed by atoms with van der Waals surface area (Å²) >= 11 is 3.56. The zero-order valence-corrected chi connectivity index (χ0v) is 19.0. The SMILES string of the molecule is CC1CCN(C(=O)c2ccc(NC(=O)COc3ccc4ccccc4c3Br)cc2)CC1. The van der Waals surface area contributed by atoms with E-state index < -0.39 is 0 Å². The van der Waals surface area contributed by atoms with Crippen LogP contribution in [0.5, 0.6) is 5.75 Å². The van der Waals surface area contributed by atoms with E-state index in [0.29, 0.717) is 22.9 Å². The number of fused-ring (bicyclic) bond motifs is 1. The lowest BCUT2D eigenvalue weighted by atomic mass is 9.98. The molecule has 6 heteroatoms. The molecular formula is C25H25BrN2O3. The number of anilines is 1. The highest BCUT2D eigenvalue weighted by Crippen LogP contribution is 2.33. The monoisotopic (exact) mass is 480 g/mol. The molecule has 3 aromatic rings. The number of carbonyl (C=O) groups excluding carboxylic acids is 2. The maximum Gasteiger partial charge on any atom is 0.262 e. The van der Waals surface area contributed by atoms with Crippen molar-refractivity contribution < 1.29 is 14.3 Å². The summed E-state index contributed by atoms with van der Waals surface area (Å²) in [5.74, 6) is 1.09. The summed E-state index contributed by atoms with van der Waals surface area (Å²) in [4.78, 5) is 26.9. The van der Waals surface area contributed by atoms with Crippen molar-refractivity contribution in [1.29, 1.82) is 0 Å². The number of hydrogen-bond acceptors (Lipinski definition) is 3. The van der Waals surface area contributed by atoms with Gasteiger partial charge in [0.2, 0.25) is 0 Å². The van der Waals surface area contributed by atoms with Gasteiger partial charge in [-0.25, -0.2) is 0 Å². The van der Waals surface area contributed by atoms with Crippen LogP contribution in [0.4, 0.5) is 5.69 Å². The minimum atomic E-state index is -0.260. The molecule has 1 N–H and O–H groups in total. The number of amides is 2. The van der Waals surface area contributed by atoms with E-state index in [9.17, 15) is 9.59 Å². The van der Waals surface area contributed by atoms with Gasteiger partial charge in [0.1, 0.15) is 5.75 Å². The van der Waals surface area contributed by atoms with Gasteiger partial charge in [-0.3, -0.25) is 9.59 Å². The Kier molecular flexibility index (Phi) is 6.56. The number of hydrogen-bond donors (Lipinski definition) is 1. The molecule has 1 saturated heterocycles. The fourth-order valence-electron chi connectivity index (χ4n) is 3.76. The van der Waals surface area contributed by atoms with Crippen molar-refractivity contribution in [2.75, 3.05) is 25.0 Å². The smallest absolute Gasteiger partial charge is 0.262 e. The molecule has 0 radical (unpaired) electrons. The lowest BCUT2D eigenvalue weighted by molar-refractivity contribution is -0.118. The molecule has 0 aromatic heterocycles. The number of halogens is 1. The Bertz CT molecular complexity index is 1090. The van der Waals surface area contributed by atoms with Gasteiger partial charge in [-0.15, -0.1) is 0 Å². The molecule has 2 amide bonds. The first-order chi connectivity index (χ1) is 15.0. The molecule has 1 aliphatic heterocycles. The predicted molar refractivity (Wildman–Crippen MR) is 127 cm³/mol. The molecule has 0 atom stereocenters. The summed E-state index contributed by atoms with van der Waals surface area (Å²) in [7, 11) is 0. The highest BCUT2D eigenvalue weighted by molar-refractivity contribution is 9.10. The van der Waals surface area contributed by atoms with E-state index in [1.165, 1.54) is 0 Å². The van der Waals surface area contributed by atoms with Crippen molar-refractivity contribution in [2.24, 2.45) is 5.92 Å². The third kappa shape index (κ3) is 5.07. The zero-order chi connectivity index (χ0) is 21.8. The number of nitrogens with one attached hydrogen (secondary N) is 1. The largest absolute Gasteiger partial charge is 0.483 e. The molecule has 1 aliphatic rings. The van der Waals surface area contributed by atoms with Crippen LogP contribution < -0.4 is 10.1 Å². The second-order valence-corrected chi connectivity index (χ2v) is 8.78. The molecule has 0 spiro atoms. The van der Waals surface area contributed by atoms with E-state index >= 15 is 0 Å². The number of rotatable bonds is 5. The van der Waals surface area contributed by atoms with Crippen molar-refractivity contribution in [3.63, 3.8) is 0 Å². The predicted octanol–water partition coefficient (Wildman–Crippen LogP) is 5.49. The first-order valence-corrected chi connectivity index (χ1v) is 11.3. The van der Waals surface area contributed by atoms with Crippen molar-refractivity contribution >= 4 is 44.2 Å². The van der Waals surface area contributed by atoms with Crippen LogP contribution >= 0.6 is 15.9 Å². The van der Waals surface area contributed by atoms with Crippen LogP contribution in [0.15, 0.2) is 65.1 Å². The molecular weight excluding hydrogens is 456 g/mol. The zero-order valence-electron chi connectivity index (χ0n) is 17.4. The van der Waals surface area contributed by atoms with Crippen molar-refractivity contribution in [1.82, 2.24) is 4.90 Å². The molecule has 160 valence electrons. The van der Waals surface area contributed by atoms with Crippen molar-refractivity contribution in [2.45, 2.75) is 19.8 Å². The normalized spacial score (nSPS) is 14.5. The van der Waals surface area contributed by atoms with Gasteiger partial charge < -0.3 is 15.0 Å². The van der Waals surface area contributed by atoms with E-state index in [2.05, 4.69) is 28.2 Å². The van der Waals surface area contributed by atoms with Gasteiger partial charge in [0, 0.05) is 24.3 Å². The van der Waals surface area contributed by atoms with E-state index in [4.69, 9.17) is 4.74 Å². The number of carbonyl (C=O) groups is 2. The van der Waals surface area contributed by atoms with Crippen molar-refractivity contribution in [3.8, 4) is 5.75 Å². The molecule has 5 nitrogen and oxygen atoms in total. The Labute approximate surface area is 190 Å². The van der Waals surface area contributed by atoms with E-state index in [0.717, 1.165) is 41.2 Å². The molecule has 0 unspecified atom stereocenters. The fourth-order valence-corrected chi connectivity index (χ4v) is 4.36. The van der Waals surface area contributed by atoms with Crippen LogP contribution in [0.3, 0.4) is 0 Å². The Morgan fingerprint density at radius 2 is 1.74 bits per heavy atom. The van der Waals surface area contributed by atoms with Gasteiger partial charge in [-0.2, -0.15) is 0 Å². The average molecular weight is 481 g/mol. The minimum Gasteiger partial charge on any atom is -0.483 e. The molecule has 0 bridgehead atoms. The molecule has 1 fully saturated rings. The maximum absolute atomic E-state index is 12.6. The third-order valence-corrected chi connectivity index (χ3v) is 6.49. The third-order valence-electron chi connectivity index (χ3n) is 5.67. The number of benzene rings is 3. The molecule has 4 rings (SSSR count). The second-order valence-electron chi connectivity index (χ2n) is 7.99.